The van der Waals surface area contributed by atoms with Gasteiger partial charge in [0.2, 0.25) is 5.91 Å². The molecule has 3 rings (SSSR count). The quantitative estimate of drug-likeness (QED) is 0.784. The highest BCUT2D eigenvalue weighted by atomic mass is 19.1. The lowest BCUT2D eigenvalue weighted by Gasteiger charge is -2.25. The molecule has 25 heavy (non-hydrogen) atoms. The van der Waals surface area contributed by atoms with Gasteiger partial charge in [-0.05, 0) is 53.5 Å². The molecular weight excluding hydrogens is 317 g/mol. The van der Waals surface area contributed by atoms with E-state index in [1.807, 2.05) is 30.3 Å². The van der Waals surface area contributed by atoms with E-state index in [0.29, 0.717) is 13.1 Å². The first-order valence-corrected chi connectivity index (χ1v) is 8.22. The monoisotopic (exact) mass is 337 g/mol. The smallest absolute Gasteiger partial charge is 0.246 e. The fraction of sp³-hybridized carbons (Fsp3) is 0.190. The largest absolute Gasteiger partial charge is 0.497 e. The summed E-state index contributed by atoms with van der Waals surface area (Å²) in [7, 11) is 1.62. The van der Waals surface area contributed by atoms with Crippen LogP contribution in [-0.4, -0.2) is 31.0 Å². The van der Waals surface area contributed by atoms with Crippen molar-refractivity contribution in [2.45, 2.75) is 6.42 Å². The summed E-state index contributed by atoms with van der Waals surface area (Å²) in [5.74, 6) is 0.510. The van der Waals surface area contributed by atoms with Crippen molar-refractivity contribution in [3.63, 3.8) is 0 Å². The highest BCUT2D eigenvalue weighted by Crippen LogP contribution is 2.23. The summed E-state index contributed by atoms with van der Waals surface area (Å²) in [6.07, 6.45) is 6.19. The van der Waals surface area contributed by atoms with Crippen LogP contribution in [0.15, 0.2) is 60.7 Å². The molecule has 0 bridgehead atoms. The van der Waals surface area contributed by atoms with Gasteiger partial charge in [0.1, 0.15) is 11.6 Å². The number of methoxy groups -OCH3 is 1. The van der Waals surface area contributed by atoms with E-state index in [4.69, 9.17) is 4.74 Å². The molecular formula is C21H20FNO2. The first-order valence-electron chi connectivity index (χ1n) is 8.22. The number of nitrogens with zero attached hydrogens (tertiary/aromatic N) is 1. The first kappa shape index (κ1) is 17.0. The van der Waals surface area contributed by atoms with Gasteiger partial charge < -0.3 is 9.64 Å². The van der Waals surface area contributed by atoms with Gasteiger partial charge in [0.15, 0.2) is 0 Å². The molecule has 1 amide bonds. The summed E-state index contributed by atoms with van der Waals surface area (Å²) in [5.41, 5.74) is 3.09. The van der Waals surface area contributed by atoms with E-state index in [9.17, 15) is 9.18 Å². The molecule has 0 saturated carbocycles. The molecule has 0 radical (unpaired) electrons. The topological polar surface area (TPSA) is 29.5 Å². The molecule has 3 nitrogen and oxygen atoms in total. The van der Waals surface area contributed by atoms with Crippen molar-refractivity contribution >= 4 is 17.6 Å². The molecule has 0 unspecified atom stereocenters. The Morgan fingerprint density at radius 2 is 2.00 bits per heavy atom. The molecule has 128 valence electrons. The van der Waals surface area contributed by atoms with Gasteiger partial charge in [0.05, 0.1) is 7.11 Å². The van der Waals surface area contributed by atoms with Crippen LogP contribution in [-0.2, 0) is 4.79 Å². The maximum Gasteiger partial charge on any atom is 0.246 e. The second-order valence-corrected chi connectivity index (χ2v) is 5.88. The van der Waals surface area contributed by atoms with Gasteiger partial charge in [-0.3, -0.25) is 4.79 Å². The lowest BCUT2D eigenvalue weighted by molar-refractivity contribution is -0.125. The SMILES string of the molecule is COc1cccc(/C=C/C(=O)N2CC=C(c3ccc(F)cc3)CC2)c1. The van der Waals surface area contributed by atoms with Gasteiger partial charge in [-0.1, -0.05) is 30.3 Å². The molecule has 1 aliphatic rings. The molecule has 2 aromatic carbocycles. The lowest BCUT2D eigenvalue weighted by atomic mass is 9.99. The zero-order valence-electron chi connectivity index (χ0n) is 14.1. The van der Waals surface area contributed by atoms with Gasteiger partial charge in [-0.15, -0.1) is 0 Å². The molecule has 1 aliphatic heterocycles. The van der Waals surface area contributed by atoms with Crippen LogP contribution in [0.2, 0.25) is 0 Å². The van der Waals surface area contributed by atoms with Crippen LogP contribution < -0.4 is 4.74 Å². The average Bonchev–Trinajstić information content (AvgIpc) is 2.67. The number of hydrogen-bond acceptors (Lipinski definition) is 2. The summed E-state index contributed by atoms with van der Waals surface area (Å²) in [6, 6.07) is 14.0. The molecule has 0 fully saturated rings. The molecule has 1 heterocycles. The molecule has 0 aliphatic carbocycles. The summed E-state index contributed by atoms with van der Waals surface area (Å²) in [4.78, 5) is 14.1. The molecule has 0 atom stereocenters. The van der Waals surface area contributed by atoms with E-state index < -0.39 is 0 Å². The minimum Gasteiger partial charge on any atom is -0.497 e. The van der Waals surface area contributed by atoms with Crippen LogP contribution in [0.1, 0.15) is 17.5 Å². The van der Waals surface area contributed by atoms with Crippen molar-refractivity contribution in [1.82, 2.24) is 4.90 Å². The lowest BCUT2D eigenvalue weighted by Crippen LogP contribution is -2.33. The molecule has 0 N–H and O–H groups in total. The maximum absolute atomic E-state index is 13.0. The van der Waals surface area contributed by atoms with Gasteiger partial charge in [-0.2, -0.15) is 0 Å². The number of carbonyl (C=O) groups is 1. The minimum absolute atomic E-state index is 0.0165. The van der Waals surface area contributed by atoms with Crippen LogP contribution in [0.3, 0.4) is 0 Å². The van der Waals surface area contributed by atoms with Crippen molar-refractivity contribution in [2.75, 3.05) is 20.2 Å². The van der Waals surface area contributed by atoms with Crippen LogP contribution >= 0.6 is 0 Å². The second-order valence-electron chi connectivity index (χ2n) is 5.88. The Labute approximate surface area is 147 Å². The number of halogens is 1. The summed E-state index contributed by atoms with van der Waals surface area (Å²) in [6.45, 7) is 1.22. The summed E-state index contributed by atoms with van der Waals surface area (Å²) < 4.78 is 18.2. The van der Waals surface area contributed by atoms with E-state index in [-0.39, 0.29) is 11.7 Å². The Morgan fingerprint density at radius 1 is 1.20 bits per heavy atom. The predicted molar refractivity (Wildman–Crippen MR) is 97.6 cm³/mol. The average molecular weight is 337 g/mol. The Balaban J connectivity index is 1.62. The standard InChI is InChI=1S/C21H20FNO2/c1-25-20-4-2-3-16(15-20)5-10-21(24)23-13-11-18(12-14-23)17-6-8-19(22)9-7-17/h2-11,15H,12-14H2,1H3/b10-5+. The fourth-order valence-corrected chi connectivity index (χ4v) is 2.81. The van der Waals surface area contributed by atoms with Crippen molar-refractivity contribution < 1.29 is 13.9 Å². The minimum atomic E-state index is -0.236. The third-order valence-electron chi connectivity index (χ3n) is 4.25. The third kappa shape index (κ3) is 4.35. The van der Waals surface area contributed by atoms with E-state index in [1.165, 1.54) is 12.1 Å². The normalized spacial score (nSPS) is 14.5. The van der Waals surface area contributed by atoms with Crippen molar-refractivity contribution in [1.29, 1.82) is 0 Å². The highest BCUT2D eigenvalue weighted by Gasteiger charge is 2.16. The Hall–Kier alpha value is -2.88. The van der Waals surface area contributed by atoms with Gasteiger partial charge in [0, 0.05) is 19.2 Å². The predicted octanol–water partition coefficient (Wildman–Crippen LogP) is 4.16. The highest BCUT2D eigenvalue weighted by molar-refractivity contribution is 5.92. The number of amides is 1. The Morgan fingerprint density at radius 3 is 2.68 bits per heavy atom. The number of ether oxygens (including phenoxy) is 1. The zero-order valence-corrected chi connectivity index (χ0v) is 14.1. The van der Waals surface area contributed by atoms with Crippen LogP contribution in [0.5, 0.6) is 5.75 Å². The third-order valence-corrected chi connectivity index (χ3v) is 4.25. The van der Waals surface area contributed by atoms with Crippen molar-refractivity contribution in [3.05, 3.63) is 77.6 Å². The number of carbonyl (C=O) groups excluding carboxylic acids is 1. The Bertz CT molecular complexity index is 809. The molecule has 0 aromatic heterocycles. The molecule has 0 saturated heterocycles. The fourth-order valence-electron chi connectivity index (χ4n) is 2.81. The van der Waals surface area contributed by atoms with Gasteiger partial charge in [0.25, 0.3) is 0 Å². The van der Waals surface area contributed by atoms with E-state index in [1.54, 1.807) is 36.3 Å². The number of rotatable bonds is 4. The zero-order chi connectivity index (χ0) is 17.6. The van der Waals surface area contributed by atoms with E-state index >= 15 is 0 Å². The number of hydrogen-bond donors (Lipinski definition) is 0. The van der Waals surface area contributed by atoms with E-state index in [2.05, 4.69) is 0 Å². The van der Waals surface area contributed by atoms with Gasteiger partial charge >= 0.3 is 0 Å². The van der Waals surface area contributed by atoms with Crippen molar-refractivity contribution in [2.24, 2.45) is 0 Å². The molecule has 4 heteroatoms. The van der Waals surface area contributed by atoms with Crippen LogP contribution in [0, 0.1) is 5.82 Å². The van der Waals surface area contributed by atoms with Crippen molar-refractivity contribution in [3.8, 4) is 5.75 Å². The van der Waals surface area contributed by atoms with Gasteiger partial charge in [-0.25, -0.2) is 4.39 Å². The van der Waals surface area contributed by atoms with E-state index in [0.717, 1.165) is 28.9 Å². The maximum atomic E-state index is 13.0. The summed E-state index contributed by atoms with van der Waals surface area (Å²) in [5, 5.41) is 0. The van der Waals surface area contributed by atoms with Crippen LogP contribution in [0.4, 0.5) is 4.39 Å². The van der Waals surface area contributed by atoms with Crippen LogP contribution in [0.25, 0.3) is 11.6 Å². The molecule has 0 spiro atoms. The second kappa shape index (κ2) is 7.79. The molecule has 2 aromatic rings. The first-order chi connectivity index (χ1) is 12.2. The Kier molecular flexibility index (Phi) is 5.29. The number of benzene rings is 2. The summed E-state index contributed by atoms with van der Waals surface area (Å²) >= 11 is 0.